The molecule has 70 valence electrons. The van der Waals surface area contributed by atoms with E-state index in [-0.39, 0.29) is 5.91 Å². The van der Waals surface area contributed by atoms with E-state index in [2.05, 4.69) is 12.2 Å². The Labute approximate surface area is 82.7 Å². The van der Waals surface area contributed by atoms with E-state index >= 15 is 0 Å². The molecule has 0 unspecified atom stereocenters. The van der Waals surface area contributed by atoms with Gasteiger partial charge in [-0.15, -0.1) is 11.8 Å². The fraction of sp³-hybridized carbons (Fsp3) is 0.300. The maximum atomic E-state index is 10.8. The van der Waals surface area contributed by atoms with E-state index in [9.17, 15) is 4.79 Å². The summed E-state index contributed by atoms with van der Waals surface area (Å²) in [4.78, 5) is 12.0. The first-order valence-electron chi connectivity index (χ1n) is 4.23. The lowest BCUT2D eigenvalue weighted by Crippen LogP contribution is -2.06. The van der Waals surface area contributed by atoms with Gasteiger partial charge in [-0.3, -0.25) is 4.79 Å². The van der Waals surface area contributed by atoms with Crippen LogP contribution in [0.15, 0.2) is 29.2 Å². The van der Waals surface area contributed by atoms with Crippen LogP contribution in [0.1, 0.15) is 13.8 Å². The minimum Gasteiger partial charge on any atom is -0.325 e. The number of carbonyl (C=O) groups excluding carboxylic acids is 1. The molecule has 1 amide bonds. The van der Waals surface area contributed by atoms with E-state index < -0.39 is 0 Å². The number of thioether (sulfide) groups is 1. The molecule has 1 N–H and O–H groups in total. The molecule has 2 nitrogen and oxygen atoms in total. The van der Waals surface area contributed by atoms with Crippen molar-refractivity contribution in [2.24, 2.45) is 0 Å². The third-order valence-corrected chi connectivity index (χ3v) is 2.45. The summed E-state index contributed by atoms with van der Waals surface area (Å²) >= 11 is 1.73. The van der Waals surface area contributed by atoms with Crippen molar-refractivity contribution in [2.45, 2.75) is 18.7 Å². The molecule has 0 heterocycles. The molecule has 0 aliphatic carbocycles. The number of rotatable bonds is 3. The van der Waals surface area contributed by atoms with Gasteiger partial charge in [-0.2, -0.15) is 0 Å². The lowest BCUT2D eigenvalue weighted by atomic mass is 10.3. The van der Waals surface area contributed by atoms with E-state index in [1.807, 2.05) is 24.3 Å². The summed E-state index contributed by atoms with van der Waals surface area (Å²) in [5.41, 5.74) is 0.904. The predicted molar refractivity (Wildman–Crippen MR) is 57.1 cm³/mol. The summed E-state index contributed by atoms with van der Waals surface area (Å²) < 4.78 is 0. The van der Waals surface area contributed by atoms with Crippen LogP contribution < -0.4 is 5.32 Å². The summed E-state index contributed by atoms with van der Waals surface area (Å²) in [5, 5.41) is 2.80. The van der Waals surface area contributed by atoms with Crippen molar-refractivity contribution in [1.82, 2.24) is 0 Å². The van der Waals surface area contributed by atoms with Crippen molar-refractivity contribution in [3.05, 3.63) is 24.3 Å². The smallest absolute Gasteiger partial charge is 0.221 e. The molecule has 0 aliphatic heterocycles. The molecule has 0 aliphatic rings. The monoisotopic (exact) mass is 195 g/mol. The van der Waals surface area contributed by atoms with Crippen LogP contribution in [0.3, 0.4) is 0 Å². The molecule has 0 fully saturated rings. The Hall–Kier alpha value is -0.960. The highest BCUT2D eigenvalue weighted by atomic mass is 32.2. The highest BCUT2D eigenvalue weighted by Crippen LogP contribution is 2.26. The number of hydrogen-bond acceptors (Lipinski definition) is 2. The Kier molecular flexibility index (Phi) is 3.83. The molecule has 3 heteroatoms. The van der Waals surface area contributed by atoms with Gasteiger partial charge in [0.15, 0.2) is 0 Å². The topological polar surface area (TPSA) is 29.1 Å². The van der Waals surface area contributed by atoms with Crippen LogP contribution in [0, 0.1) is 0 Å². The van der Waals surface area contributed by atoms with Gasteiger partial charge in [0.25, 0.3) is 0 Å². The van der Waals surface area contributed by atoms with Crippen LogP contribution in [0.2, 0.25) is 0 Å². The lowest BCUT2D eigenvalue weighted by molar-refractivity contribution is -0.114. The van der Waals surface area contributed by atoms with E-state index in [1.54, 1.807) is 11.8 Å². The highest BCUT2D eigenvalue weighted by Gasteiger charge is 2.01. The van der Waals surface area contributed by atoms with Crippen LogP contribution in [-0.2, 0) is 4.79 Å². The minimum atomic E-state index is -0.0239. The standard InChI is InChI=1S/C10H13NOS/c1-3-13-10-7-5-4-6-9(10)11-8(2)12/h4-7H,3H2,1-2H3,(H,11,12). The van der Waals surface area contributed by atoms with Crippen molar-refractivity contribution >= 4 is 23.4 Å². The first kappa shape index (κ1) is 10.1. The largest absolute Gasteiger partial charge is 0.325 e. The van der Waals surface area contributed by atoms with Gasteiger partial charge < -0.3 is 5.32 Å². The van der Waals surface area contributed by atoms with Gasteiger partial charge >= 0.3 is 0 Å². The van der Waals surface area contributed by atoms with Crippen molar-refractivity contribution in [3.63, 3.8) is 0 Å². The normalized spacial score (nSPS) is 9.69. The molecule has 1 aromatic rings. The Bertz CT molecular complexity index is 299. The van der Waals surface area contributed by atoms with Crippen LogP contribution in [0.25, 0.3) is 0 Å². The first-order valence-corrected chi connectivity index (χ1v) is 5.22. The van der Waals surface area contributed by atoms with E-state index in [0.717, 1.165) is 16.3 Å². The number of amides is 1. The lowest BCUT2D eigenvalue weighted by Gasteiger charge is -2.07. The second-order valence-corrected chi connectivity index (χ2v) is 3.92. The molecular formula is C10H13NOS. The zero-order chi connectivity index (χ0) is 9.68. The molecule has 13 heavy (non-hydrogen) atoms. The fourth-order valence-corrected chi connectivity index (χ4v) is 1.80. The maximum Gasteiger partial charge on any atom is 0.221 e. The van der Waals surface area contributed by atoms with Gasteiger partial charge in [0.2, 0.25) is 5.91 Å². The van der Waals surface area contributed by atoms with Gasteiger partial charge in [-0.1, -0.05) is 19.1 Å². The Morgan fingerprint density at radius 1 is 1.46 bits per heavy atom. The van der Waals surface area contributed by atoms with Crippen molar-refractivity contribution < 1.29 is 4.79 Å². The Morgan fingerprint density at radius 2 is 2.15 bits per heavy atom. The average Bonchev–Trinajstić information content (AvgIpc) is 2.08. The number of nitrogens with one attached hydrogen (secondary N) is 1. The van der Waals surface area contributed by atoms with Crippen molar-refractivity contribution in [1.29, 1.82) is 0 Å². The fourth-order valence-electron chi connectivity index (χ4n) is 1.04. The number of carbonyl (C=O) groups is 1. The molecule has 1 aromatic carbocycles. The molecule has 0 bridgehead atoms. The summed E-state index contributed by atoms with van der Waals surface area (Å²) in [6.07, 6.45) is 0. The minimum absolute atomic E-state index is 0.0239. The molecule has 0 radical (unpaired) electrons. The molecular weight excluding hydrogens is 182 g/mol. The van der Waals surface area contributed by atoms with E-state index in [0.29, 0.717) is 0 Å². The average molecular weight is 195 g/mol. The van der Waals surface area contributed by atoms with Crippen molar-refractivity contribution in [3.8, 4) is 0 Å². The summed E-state index contributed by atoms with van der Waals surface area (Å²) in [6.45, 7) is 3.61. The molecule has 0 aromatic heterocycles. The SMILES string of the molecule is CCSc1ccccc1NC(C)=O. The zero-order valence-corrected chi connectivity index (χ0v) is 8.65. The second-order valence-electron chi connectivity index (χ2n) is 2.61. The predicted octanol–water partition coefficient (Wildman–Crippen LogP) is 2.76. The van der Waals surface area contributed by atoms with Crippen LogP contribution in [0.5, 0.6) is 0 Å². The van der Waals surface area contributed by atoms with Crippen molar-refractivity contribution in [2.75, 3.05) is 11.1 Å². The Balaban J connectivity index is 2.84. The van der Waals surface area contributed by atoms with Gasteiger partial charge in [0.1, 0.15) is 0 Å². The van der Waals surface area contributed by atoms with Gasteiger partial charge in [-0.25, -0.2) is 0 Å². The summed E-state index contributed by atoms with van der Waals surface area (Å²) in [6, 6.07) is 7.83. The van der Waals surface area contributed by atoms with Crippen LogP contribution in [0.4, 0.5) is 5.69 Å². The van der Waals surface area contributed by atoms with Crippen LogP contribution in [-0.4, -0.2) is 11.7 Å². The molecule has 0 saturated carbocycles. The number of benzene rings is 1. The summed E-state index contributed by atoms with van der Waals surface area (Å²) in [5.74, 6) is 0.987. The molecule has 0 atom stereocenters. The van der Waals surface area contributed by atoms with Gasteiger partial charge in [0, 0.05) is 11.8 Å². The second kappa shape index (κ2) is 4.92. The van der Waals surface area contributed by atoms with E-state index in [4.69, 9.17) is 0 Å². The van der Waals surface area contributed by atoms with Crippen LogP contribution >= 0.6 is 11.8 Å². The summed E-state index contributed by atoms with van der Waals surface area (Å²) in [7, 11) is 0. The quantitative estimate of drug-likeness (QED) is 0.751. The zero-order valence-electron chi connectivity index (χ0n) is 7.83. The van der Waals surface area contributed by atoms with Gasteiger partial charge in [0.05, 0.1) is 5.69 Å². The Morgan fingerprint density at radius 3 is 2.77 bits per heavy atom. The number of hydrogen-bond donors (Lipinski definition) is 1. The van der Waals surface area contributed by atoms with Gasteiger partial charge in [-0.05, 0) is 17.9 Å². The molecule has 1 rings (SSSR count). The number of para-hydroxylation sites is 1. The third-order valence-electron chi connectivity index (χ3n) is 1.50. The maximum absolute atomic E-state index is 10.8. The first-order chi connectivity index (χ1) is 6.24. The highest BCUT2D eigenvalue weighted by molar-refractivity contribution is 7.99. The number of anilines is 1. The molecule has 0 spiro atoms. The molecule has 0 saturated heterocycles. The third kappa shape index (κ3) is 3.11. The van der Waals surface area contributed by atoms with E-state index in [1.165, 1.54) is 6.92 Å².